The van der Waals surface area contributed by atoms with Crippen LogP contribution in [-0.2, 0) is 11.8 Å². The van der Waals surface area contributed by atoms with E-state index in [0.717, 1.165) is 29.2 Å². The lowest BCUT2D eigenvalue weighted by molar-refractivity contribution is 0.504. The number of pyridine rings is 2. The molecule has 3 aromatic rings. The first kappa shape index (κ1) is 24.1. The number of allylic oxidation sites excluding steroid dienone is 4. The second-order valence-corrected chi connectivity index (χ2v) is 11.7. The maximum absolute atomic E-state index is 4.94. The zero-order valence-corrected chi connectivity index (χ0v) is 21.6. The van der Waals surface area contributed by atoms with Crippen LogP contribution in [0.3, 0.4) is 0 Å². The third-order valence-corrected chi connectivity index (χ3v) is 7.28. The number of rotatable bonds is 5. The Balaban J connectivity index is 1.80. The Morgan fingerprint density at radius 2 is 1.47 bits per heavy atom. The van der Waals surface area contributed by atoms with Crippen LogP contribution in [0.1, 0.15) is 77.3 Å². The van der Waals surface area contributed by atoms with Crippen LogP contribution in [0, 0.1) is 5.41 Å². The summed E-state index contributed by atoms with van der Waals surface area (Å²) in [6, 6.07) is 17.0. The van der Waals surface area contributed by atoms with Crippen LogP contribution in [0.5, 0.6) is 0 Å². The van der Waals surface area contributed by atoms with E-state index in [1.54, 1.807) is 0 Å². The third-order valence-electron chi connectivity index (χ3n) is 5.74. The Morgan fingerprint density at radius 1 is 0.812 bits per heavy atom. The van der Waals surface area contributed by atoms with Gasteiger partial charge in [-0.05, 0) is 66.6 Å². The van der Waals surface area contributed by atoms with E-state index in [4.69, 9.17) is 9.97 Å². The fourth-order valence-corrected chi connectivity index (χ4v) is 4.20. The molecule has 0 spiro atoms. The molecule has 0 unspecified atom stereocenters. The van der Waals surface area contributed by atoms with Crippen molar-refractivity contribution in [1.29, 1.82) is 0 Å². The predicted molar refractivity (Wildman–Crippen MR) is 140 cm³/mol. The fourth-order valence-electron chi connectivity index (χ4n) is 3.16. The molecule has 168 valence electrons. The molecular formula is C29H36N2S. The van der Waals surface area contributed by atoms with Crippen molar-refractivity contribution in [3.8, 4) is 10.6 Å². The highest BCUT2D eigenvalue weighted by Crippen LogP contribution is 2.34. The molecule has 0 saturated heterocycles. The second kappa shape index (κ2) is 9.54. The van der Waals surface area contributed by atoms with E-state index >= 15 is 0 Å². The molecule has 0 fully saturated rings. The lowest BCUT2D eigenvalue weighted by atomic mass is 9.87. The van der Waals surface area contributed by atoms with Gasteiger partial charge in [0.2, 0.25) is 0 Å². The van der Waals surface area contributed by atoms with Crippen molar-refractivity contribution in [3.05, 3.63) is 88.2 Å². The quantitative estimate of drug-likeness (QED) is 0.369. The molecule has 3 heterocycles. The number of aromatic nitrogens is 2. The Hall–Kier alpha value is -2.52. The van der Waals surface area contributed by atoms with E-state index in [1.165, 1.54) is 20.9 Å². The van der Waals surface area contributed by atoms with Crippen molar-refractivity contribution in [1.82, 2.24) is 9.97 Å². The van der Waals surface area contributed by atoms with Gasteiger partial charge in [-0.25, -0.2) is 0 Å². The Kier molecular flexibility index (Phi) is 7.19. The lowest BCUT2D eigenvalue weighted by Gasteiger charge is -2.18. The molecule has 3 aromatic heterocycles. The largest absolute Gasteiger partial charge is 0.253 e. The van der Waals surface area contributed by atoms with Gasteiger partial charge >= 0.3 is 0 Å². The topological polar surface area (TPSA) is 25.8 Å². The summed E-state index contributed by atoms with van der Waals surface area (Å²) in [7, 11) is 0. The minimum absolute atomic E-state index is 0.164. The van der Waals surface area contributed by atoms with E-state index in [1.807, 2.05) is 11.3 Å². The average molecular weight is 445 g/mol. The summed E-state index contributed by atoms with van der Waals surface area (Å²) >= 11 is 1.83. The van der Waals surface area contributed by atoms with Crippen molar-refractivity contribution >= 4 is 16.9 Å². The molecule has 0 aliphatic carbocycles. The summed E-state index contributed by atoms with van der Waals surface area (Å²) < 4.78 is 0. The molecule has 3 rings (SSSR count). The summed E-state index contributed by atoms with van der Waals surface area (Å²) in [6.07, 6.45) is 5.11. The monoisotopic (exact) mass is 444 g/mol. The SMILES string of the molecule is CC(=C/C=C(\C)C(C)(C)C)c1cccc(Cc2cccc(-c3ccc(C(C)(C)C)s3)n2)n1. The van der Waals surface area contributed by atoms with E-state index in [-0.39, 0.29) is 10.8 Å². The molecule has 0 aliphatic rings. The summed E-state index contributed by atoms with van der Waals surface area (Å²) in [6.45, 7) is 17.8. The van der Waals surface area contributed by atoms with Gasteiger partial charge in [-0.15, -0.1) is 11.3 Å². The Morgan fingerprint density at radius 3 is 2.09 bits per heavy atom. The van der Waals surface area contributed by atoms with Crippen molar-refractivity contribution in [3.63, 3.8) is 0 Å². The van der Waals surface area contributed by atoms with Gasteiger partial charge in [-0.3, -0.25) is 9.97 Å². The number of thiophene rings is 1. The molecule has 0 N–H and O–H groups in total. The first-order chi connectivity index (χ1) is 14.9. The van der Waals surface area contributed by atoms with Gasteiger partial charge in [0, 0.05) is 22.7 Å². The van der Waals surface area contributed by atoms with Gasteiger partial charge in [0.05, 0.1) is 16.3 Å². The average Bonchev–Trinajstić information content (AvgIpc) is 3.22. The first-order valence-electron chi connectivity index (χ1n) is 11.3. The van der Waals surface area contributed by atoms with Crippen molar-refractivity contribution in [2.75, 3.05) is 0 Å². The van der Waals surface area contributed by atoms with Crippen molar-refractivity contribution < 1.29 is 0 Å². The Bertz CT molecular complexity index is 1130. The highest BCUT2D eigenvalue weighted by Gasteiger charge is 2.17. The maximum atomic E-state index is 4.94. The van der Waals surface area contributed by atoms with Crippen molar-refractivity contribution in [2.24, 2.45) is 5.41 Å². The molecule has 0 saturated carbocycles. The summed E-state index contributed by atoms with van der Waals surface area (Å²) in [5, 5.41) is 0. The van der Waals surface area contributed by atoms with Crippen LogP contribution in [0.2, 0.25) is 0 Å². The van der Waals surface area contributed by atoms with Crippen LogP contribution < -0.4 is 0 Å². The minimum atomic E-state index is 0.164. The fraction of sp³-hybridized carbons (Fsp3) is 0.379. The van der Waals surface area contributed by atoms with E-state index < -0.39 is 0 Å². The molecule has 2 nitrogen and oxygen atoms in total. The third kappa shape index (κ3) is 6.26. The summed E-state index contributed by atoms with van der Waals surface area (Å²) in [4.78, 5) is 12.5. The molecule has 0 aliphatic heterocycles. The van der Waals surface area contributed by atoms with Gasteiger partial charge < -0.3 is 0 Å². The standard InChI is InChI=1S/C29H36N2S/c1-20(15-16-21(2)28(3,4)5)24-13-9-11-22(30-24)19-23-12-10-14-25(31-23)26-17-18-27(32-26)29(6,7)8/h9-18H,19H2,1-8H3/b20-15?,21-16+. The van der Waals surface area contributed by atoms with Crippen LogP contribution in [0.4, 0.5) is 0 Å². The van der Waals surface area contributed by atoms with E-state index in [0.29, 0.717) is 0 Å². The van der Waals surface area contributed by atoms with E-state index in [9.17, 15) is 0 Å². The van der Waals surface area contributed by atoms with Gasteiger partial charge in [0.1, 0.15) is 0 Å². The molecule has 0 amide bonds. The molecule has 32 heavy (non-hydrogen) atoms. The number of nitrogens with zero attached hydrogens (tertiary/aromatic N) is 2. The van der Waals surface area contributed by atoms with Crippen LogP contribution in [-0.4, -0.2) is 9.97 Å². The first-order valence-corrected chi connectivity index (χ1v) is 12.1. The van der Waals surface area contributed by atoms with E-state index in [2.05, 4.69) is 116 Å². The van der Waals surface area contributed by atoms with Gasteiger partial charge in [-0.2, -0.15) is 0 Å². The highest BCUT2D eigenvalue weighted by molar-refractivity contribution is 7.15. The Labute approximate surface area is 198 Å². The molecule has 0 bridgehead atoms. The lowest BCUT2D eigenvalue weighted by Crippen LogP contribution is -2.07. The number of hydrogen-bond acceptors (Lipinski definition) is 3. The summed E-state index contributed by atoms with van der Waals surface area (Å²) in [5.74, 6) is 0. The van der Waals surface area contributed by atoms with Gasteiger partial charge in [0.15, 0.2) is 0 Å². The molecule has 0 radical (unpaired) electrons. The van der Waals surface area contributed by atoms with Crippen molar-refractivity contribution in [2.45, 2.75) is 67.2 Å². The van der Waals surface area contributed by atoms with Crippen LogP contribution >= 0.6 is 11.3 Å². The minimum Gasteiger partial charge on any atom is -0.253 e. The van der Waals surface area contributed by atoms with Crippen LogP contribution in [0.15, 0.2) is 66.3 Å². The zero-order chi connectivity index (χ0) is 23.5. The van der Waals surface area contributed by atoms with Gasteiger partial charge in [-0.1, -0.05) is 71.4 Å². The highest BCUT2D eigenvalue weighted by atomic mass is 32.1. The predicted octanol–water partition coefficient (Wildman–Crippen LogP) is 8.49. The molecular weight excluding hydrogens is 408 g/mol. The maximum Gasteiger partial charge on any atom is 0.0805 e. The zero-order valence-electron chi connectivity index (χ0n) is 20.8. The van der Waals surface area contributed by atoms with Crippen LogP contribution in [0.25, 0.3) is 16.1 Å². The molecule has 0 atom stereocenters. The molecule has 0 aromatic carbocycles. The smallest absolute Gasteiger partial charge is 0.0805 e. The number of hydrogen-bond donors (Lipinski definition) is 0. The van der Waals surface area contributed by atoms with Gasteiger partial charge in [0.25, 0.3) is 0 Å². The normalized spacial score (nSPS) is 13.5. The second-order valence-electron chi connectivity index (χ2n) is 10.6. The molecule has 3 heteroatoms. The summed E-state index contributed by atoms with van der Waals surface area (Å²) in [5.41, 5.74) is 7.02.